The van der Waals surface area contributed by atoms with Crippen LogP contribution < -0.4 is 10.1 Å². The molecular formula is C22H27NO4Si. The summed E-state index contributed by atoms with van der Waals surface area (Å²) in [7, 11) is 0.320. The SMILES string of the molecule is COc1cc(C=O)ccc1C=Cc1ccc(NC(=O)O)c(CC[Si](C)(C)C)c1. The Labute approximate surface area is 167 Å². The number of benzene rings is 2. The van der Waals surface area contributed by atoms with E-state index in [1.54, 1.807) is 25.3 Å². The van der Waals surface area contributed by atoms with Gasteiger partial charge in [-0.1, -0.05) is 56.0 Å². The highest BCUT2D eigenvalue weighted by Crippen LogP contribution is 2.25. The van der Waals surface area contributed by atoms with Crippen molar-refractivity contribution in [1.82, 2.24) is 0 Å². The molecule has 0 spiro atoms. The molecule has 1 amide bonds. The van der Waals surface area contributed by atoms with E-state index < -0.39 is 14.2 Å². The van der Waals surface area contributed by atoms with Crippen LogP contribution in [0.1, 0.15) is 27.0 Å². The van der Waals surface area contributed by atoms with E-state index in [-0.39, 0.29) is 0 Å². The van der Waals surface area contributed by atoms with Crippen molar-refractivity contribution < 1.29 is 19.4 Å². The molecule has 6 heteroatoms. The van der Waals surface area contributed by atoms with Gasteiger partial charge in [0.2, 0.25) is 0 Å². The molecule has 5 nitrogen and oxygen atoms in total. The van der Waals surface area contributed by atoms with Crippen LogP contribution in [0, 0.1) is 0 Å². The zero-order chi connectivity index (χ0) is 20.7. The Hall–Kier alpha value is -2.86. The van der Waals surface area contributed by atoms with Gasteiger partial charge in [0.15, 0.2) is 0 Å². The second-order valence-electron chi connectivity index (χ2n) is 7.86. The zero-order valence-electron chi connectivity index (χ0n) is 16.8. The summed E-state index contributed by atoms with van der Waals surface area (Å²) in [6.07, 6.45) is 4.45. The predicted molar refractivity (Wildman–Crippen MR) is 117 cm³/mol. The number of hydrogen-bond acceptors (Lipinski definition) is 3. The topological polar surface area (TPSA) is 75.6 Å². The number of aldehydes is 1. The van der Waals surface area contributed by atoms with E-state index >= 15 is 0 Å². The summed E-state index contributed by atoms with van der Waals surface area (Å²) >= 11 is 0. The van der Waals surface area contributed by atoms with Gasteiger partial charge in [-0.15, -0.1) is 0 Å². The Bertz CT molecular complexity index is 885. The second-order valence-corrected chi connectivity index (χ2v) is 13.5. The lowest BCUT2D eigenvalue weighted by Gasteiger charge is -2.17. The van der Waals surface area contributed by atoms with E-state index in [2.05, 4.69) is 25.0 Å². The van der Waals surface area contributed by atoms with Crippen molar-refractivity contribution in [3.05, 3.63) is 58.7 Å². The van der Waals surface area contributed by atoms with Crippen LogP contribution in [0.2, 0.25) is 25.7 Å². The number of ether oxygens (including phenoxy) is 1. The van der Waals surface area contributed by atoms with E-state index in [0.29, 0.717) is 17.0 Å². The minimum atomic E-state index is -1.25. The van der Waals surface area contributed by atoms with Gasteiger partial charge in [-0.05, 0) is 35.7 Å². The summed E-state index contributed by atoms with van der Waals surface area (Å²) in [6.45, 7) is 6.91. The van der Waals surface area contributed by atoms with Crippen LogP contribution >= 0.6 is 0 Å². The molecular weight excluding hydrogens is 370 g/mol. The Morgan fingerprint density at radius 1 is 1.11 bits per heavy atom. The molecule has 0 bridgehead atoms. The first-order chi connectivity index (χ1) is 13.2. The quantitative estimate of drug-likeness (QED) is 0.343. The van der Waals surface area contributed by atoms with Gasteiger partial charge in [0.05, 0.1) is 7.11 Å². The molecule has 28 heavy (non-hydrogen) atoms. The van der Waals surface area contributed by atoms with Gasteiger partial charge in [0, 0.05) is 24.9 Å². The molecule has 0 saturated heterocycles. The van der Waals surface area contributed by atoms with E-state index in [1.165, 1.54) is 0 Å². The van der Waals surface area contributed by atoms with E-state index in [9.17, 15) is 9.59 Å². The van der Waals surface area contributed by atoms with Crippen LogP contribution in [0.3, 0.4) is 0 Å². The maximum absolute atomic E-state index is 11.1. The lowest BCUT2D eigenvalue weighted by atomic mass is 10.0. The van der Waals surface area contributed by atoms with E-state index in [0.717, 1.165) is 35.4 Å². The number of aryl methyl sites for hydroxylation is 1. The zero-order valence-corrected chi connectivity index (χ0v) is 17.8. The molecule has 0 atom stereocenters. The Morgan fingerprint density at radius 2 is 1.82 bits per heavy atom. The van der Waals surface area contributed by atoms with Crippen LogP contribution in [0.4, 0.5) is 10.5 Å². The molecule has 0 radical (unpaired) electrons. The molecule has 2 aromatic rings. The highest BCUT2D eigenvalue weighted by molar-refractivity contribution is 6.76. The van der Waals surface area contributed by atoms with Crippen molar-refractivity contribution >= 4 is 38.3 Å². The molecule has 148 valence electrons. The van der Waals surface area contributed by atoms with Crippen molar-refractivity contribution in [2.45, 2.75) is 32.1 Å². The van der Waals surface area contributed by atoms with Gasteiger partial charge >= 0.3 is 6.09 Å². The molecule has 0 heterocycles. The number of nitrogens with one attached hydrogen (secondary N) is 1. The van der Waals surface area contributed by atoms with Gasteiger partial charge in [0.1, 0.15) is 12.0 Å². The minimum absolute atomic E-state index is 0.562. The third-order valence-corrected chi connectivity index (χ3v) is 6.11. The van der Waals surface area contributed by atoms with E-state index in [1.807, 2.05) is 30.4 Å². The summed E-state index contributed by atoms with van der Waals surface area (Å²) in [5, 5.41) is 11.6. The molecule has 0 aliphatic heterocycles. The molecule has 2 rings (SSSR count). The van der Waals surface area contributed by atoms with Crippen LogP contribution in [0.5, 0.6) is 5.75 Å². The summed E-state index contributed by atoms with van der Waals surface area (Å²) in [6, 6.07) is 12.1. The number of rotatable bonds is 8. The second kappa shape index (κ2) is 9.37. The summed E-state index contributed by atoms with van der Waals surface area (Å²) in [5.41, 5.74) is 4.03. The van der Waals surface area contributed by atoms with Crippen molar-refractivity contribution in [2.75, 3.05) is 12.4 Å². The molecule has 0 aliphatic carbocycles. The molecule has 2 aromatic carbocycles. The normalized spacial score (nSPS) is 11.4. The fourth-order valence-electron chi connectivity index (χ4n) is 2.80. The number of anilines is 1. The third kappa shape index (κ3) is 6.39. The third-order valence-electron chi connectivity index (χ3n) is 4.36. The first-order valence-corrected chi connectivity index (χ1v) is 12.9. The fraction of sp³-hybridized carbons (Fsp3) is 0.273. The molecule has 0 unspecified atom stereocenters. The lowest BCUT2D eigenvalue weighted by molar-refractivity contribution is 0.112. The average Bonchev–Trinajstić information content (AvgIpc) is 2.64. The number of carbonyl (C=O) groups excluding carboxylic acids is 1. The summed E-state index contributed by atoms with van der Waals surface area (Å²) < 4.78 is 5.36. The molecule has 0 aliphatic rings. The van der Waals surface area contributed by atoms with Gasteiger partial charge in [-0.25, -0.2) is 4.79 Å². The van der Waals surface area contributed by atoms with Gasteiger partial charge in [-0.2, -0.15) is 0 Å². The summed E-state index contributed by atoms with van der Waals surface area (Å²) in [5.74, 6) is 0.629. The Balaban J connectivity index is 2.31. The van der Waals surface area contributed by atoms with Crippen molar-refractivity contribution in [1.29, 1.82) is 0 Å². The summed E-state index contributed by atoms with van der Waals surface area (Å²) in [4.78, 5) is 22.0. The fourth-order valence-corrected chi connectivity index (χ4v) is 3.82. The maximum atomic E-state index is 11.1. The molecule has 0 fully saturated rings. The highest BCUT2D eigenvalue weighted by atomic mass is 28.3. The molecule has 0 aromatic heterocycles. The van der Waals surface area contributed by atoms with Gasteiger partial charge < -0.3 is 9.84 Å². The monoisotopic (exact) mass is 397 g/mol. The smallest absolute Gasteiger partial charge is 0.409 e. The first-order valence-electron chi connectivity index (χ1n) is 9.16. The van der Waals surface area contributed by atoms with Crippen molar-refractivity contribution in [3.63, 3.8) is 0 Å². The van der Waals surface area contributed by atoms with Crippen molar-refractivity contribution in [3.8, 4) is 5.75 Å². The lowest BCUT2D eigenvalue weighted by Crippen LogP contribution is -2.20. The first kappa shape index (κ1) is 21.4. The number of carbonyl (C=O) groups is 2. The number of hydrogen-bond donors (Lipinski definition) is 2. The van der Waals surface area contributed by atoms with Crippen molar-refractivity contribution in [2.24, 2.45) is 0 Å². The molecule has 2 N–H and O–H groups in total. The number of methoxy groups -OCH3 is 1. The Morgan fingerprint density at radius 3 is 2.43 bits per heavy atom. The number of carboxylic acid groups (broad SMARTS) is 1. The van der Waals surface area contributed by atoms with Crippen LogP contribution in [-0.4, -0.2) is 32.7 Å². The number of amides is 1. The average molecular weight is 398 g/mol. The largest absolute Gasteiger partial charge is 0.496 e. The maximum Gasteiger partial charge on any atom is 0.409 e. The van der Waals surface area contributed by atoms with Gasteiger partial charge in [-0.3, -0.25) is 10.1 Å². The van der Waals surface area contributed by atoms with Gasteiger partial charge in [0.25, 0.3) is 0 Å². The highest BCUT2D eigenvalue weighted by Gasteiger charge is 2.15. The van der Waals surface area contributed by atoms with E-state index in [4.69, 9.17) is 9.84 Å². The Kier molecular flexibility index (Phi) is 7.17. The predicted octanol–water partition coefficient (Wildman–Crippen LogP) is 5.65. The van der Waals surface area contributed by atoms with Crippen LogP contribution in [0.15, 0.2) is 36.4 Å². The van der Waals surface area contributed by atoms with Crippen LogP contribution in [0.25, 0.3) is 12.2 Å². The molecule has 0 saturated carbocycles. The van der Waals surface area contributed by atoms with Crippen LogP contribution in [-0.2, 0) is 6.42 Å². The standard InChI is InChI=1S/C22H27NO4Si/c1-27-21-14-17(15-24)6-9-18(21)8-5-16-7-10-20(23-22(25)26)19(13-16)11-12-28(2,3)4/h5-10,13-15,23H,11-12H2,1-4H3,(H,25,26). The minimum Gasteiger partial charge on any atom is -0.496 e.